The number of nitrogens with two attached hydrogens (primary N) is 1. The van der Waals surface area contributed by atoms with Crippen molar-refractivity contribution in [2.75, 3.05) is 6.61 Å². The number of alkyl halides is 3. The van der Waals surface area contributed by atoms with E-state index >= 15 is 0 Å². The summed E-state index contributed by atoms with van der Waals surface area (Å²) in [7, 11) is 0. The van der Waals surface area contributed by atoms with Gasteiger partial charge in [-0.05, 0) is 12.0 Å². The molecule has 1 aromatic carbocycles. The number of primary amides is 1. The van der Waals surface area contributed by atoms with E-state index in [1.54, 1.807) is 0 Å². The Hall–Kier alpha value is -1.56. The average Bonchev–Trinajstić information content (AvgIpc) is 2.29. The molecular weight excluding hydrogens is 259 g/mol. The minimum atomic E-state index is -4.31. The summed E-state index contributed by atoms with van der Waals surface area (Å²) in [4.78, 5) is 9.98. The molecule has 0 aromatic heterocycles. The largest absolute Gasteiger partial charge is 0.396 e. The van der Waals surface area contributed by atoms with Gasteiger partial charge in [0.1, 0.15) is 0 Å². The van der Waals surface area contributed by atoms with Crippen LogP contribution in [0.15, 0.2) is 30.3 Å². The first-order chi connectivity index (χ1) is 8.77. The molecule has 0 radical (unpaired) electrons. The summed E-state index contributed by atoms with van der Waals surface area (Å²) in [5, 5.41) is 8.52. The lowest BCUT2D eigenvalue weighted by Crippen LogP contribution is -2.25. The van der Waals surface area contributed by atoms with Crippen LogP contribution in [-0.4, -0.2) is 23.8 Å². The number of hydrogen-bond acceptors (Lipinski definition) is 2. The highest BCUT2D eigenvalue weighted by Crippen LogP contribution is 2.27. The van der Waals surface area contributed by atoms with Crippen LogP contribution in [0.4, 0.5) is 13.2 Å². The Morgan fingerprint density at radius 3 is 2.16 bits per heavy atom. The molecule has 1 amide bonds. The molecule has 3 nitrogen and oxygen atoms in total. The number of carbonyl (C=O) groups excluding carboxylic acids is 1. The highest BCUT2D eigenvalue weighted by atomic mass is 19.4. The molecule has 19 heavy (non-hydrogen) atoms. The van der Waals surface area contributed by atoms with Crippen molar-refractivity contribution in [1.29, 1.82) is 0 Å². The van der Waals surface area contributed by atoms with E-state index in [2.05, 4.69) is 5.73 Å². The lowest BCUT2D eigenvalue weighted by atomic mass is 10.1. The van der Waals surface area contributed by atoms with Gasteiger partial charge in [0.2, 0.25) is 5.91 Å². The number of hydrogen-bond donors (Lipinski definition) is 2. The second kappa shape index (κ2) is 8.53. The summed E-state index contributed by atoms with van der Waals surface area (Å²) in [6, 6.07) is 9.95. The lowest BCUT2D eigenvalue weighted by Gasteiger charge is -2.12. The Bertz CT molecular complexity index is 366. The monoisotopic (exact) mass is 277 g/mol. The molecule has 0 saturated heterocycles. The van der Waals surface area contributed by atoms with Crippen molar-refractivity contribution in [2.45, 2.75) is 25.9 Å². The van der Waals surface area contributed by atoms with Crippen LogP contribution in [0, 0.1) is 5.92 Å². The van der Waals surface area contributed by atoms with Crippen LogP contribution in [-0.2, 0) is 11.2 Å². The van der Waals surface area contributed by atoms with Crippen LogP contribution in [0.25, 0.3) is 0 Å². The summed E-state index contributed by atoms with van der Waals surface area (Å²) in [6.07, 6.45) is -4.18. The van der Waals surface area contributed by atoms with Gasteiger partial charge in [-0.15, -0.1) is 0 Å². The molecule has 6 heteroatoms. The van der Waals surface area contributed by atoms with Crippen molar-refractivity contribution in [1.82, 2.24) is 0 Å². The zero-order valence-corrected chi connectivity index (χ0v) is 10.7. The van der Waals surface area contributed by atoms with Gasteiger partial charge < -0.3 is 10.8 Å². The molecule has 3 N–H and O–H groups in total. The minimum Gasteiger partial charge on any atom is -0.396 e. The van der Waals surface area contributed by atoms with E-state index in [1.165, 1.54) is 5.56 Å². The van der Waals surface area contributed by atoms with Crippen molar-refractivity contribution in [3.63, 3.8) is 0 Å². The van der Waals surface area contributed by atoms with E-state index in [4.69, 9.17) is 5.11 Å². The molecule has 0 bridgehead atoms. The van der Waals surface area contributed by atoms with Gasteiger partial charge in [-0.2, -0.15) is 13.2 Å². The van der Waals surface area contributed by atoms with Crippen molar-refractivity contribution in [2.24, 2.45) is 11.7 Å². The standard InChI is InChI=1S/C8H10O.C5H8F3NO/c9-7-6-8-4-2-1-3-5-8;1-3(2-4(9)10)5(6,7)8/h1-5,9H,6-7H2;3H,2H2,1H3,(H2,9,10). The first-order valence-electron chi connectivity index (χ1n) is 5.77. The normalized spacial score (nSPS) is 12.3. The van der Waals surface area contributed by atoms with E-state index < -0.39 is 24.4 Å². The Morgan fingerprint density at radius 2 is 1.84 bits per heavy atom. The van der Waals surface area contributed by atoms with E-state index in [0.717, 1.165) is 13.3 Å². The number of benzene rings is 1. The molecule has 0 spiro atoms. The van der Waals surface area contributed by atoms with Gasteiger partial charge in [0, 0.05) is 13.0 Å². The first kappa shape index (κ1) is 17.4. The van der Waals surface area contributed by atoms with E-state index in [0.29, 0.717) is 0 Å². The highest BCUT2D eigenvalue weighted by molar-refractivity contribution is 5.74. The van der Waals surface area contributed by atoms with Gasteiger partial charge in [-0.25, -0.2) is 0 Å². The molecule has 0 aliphatic heterocycles. The van der Waals surface area contributed by atoms with Crippen molar-refractivity contribution in [3.05, 3.63) is 35.9 Å². The predicted molar refractivity (Wildman–Crippen MR) is 66.3 cm³/mol. The molecule has 0 saturated carbocycles. The van der Waals surface area contributed by atoms with Gasteiger partial charge in [-0.3, -0.25) is 4.79 Å². The lowest BCUT2D eigenvalue weighted by molar-refractivity contribution is -0.173. The Kier molecular flexibility index (Phi) is 7.83. The Labute approximate surface area is 110 Å². The fourth-order valence-electron chi connectivity index (χ4n) is 1.19. The number of aliphatic hydroxyl groups excluding tert-OH is 1. The maximum atomic E-state index is 11.6. The minimum absolute atomic E-state index is 0.240. The average molecular weight is 277 g/mol. The van der Waals surface area contributed by atoms with Gasteiger partial charge in [0.25, 0.3) is 0 Å². The Balaban J connectivity index is 0.000000342. The van der Waals surface area contributed by atoms with Crippen LogP contribution in [0.1, 0.15) is 18.9 Å². The predicted octanol–water partition coefficient (Wildman–Crippen LogP) is 2.28. The molecule has 1 rings (SSSR count). The fourth-order valence-corrected chi connectivity index (χ4v) is 1.19. The van der Waals surface area contributed by atoms with Crippen LogP contribution in [0.2, 0.25) is 0 Å². The SMILES string of the molecule is CC(CC(N)=O)C(F)(F)F.OCCc1ccccc1. The number of carbonyl (C=O) groups is 1. The molecule has 0 aliphatic carbocycles. The highest BCUT2D eigenvalue weighted by Gasteiger charge is 2.36. The number of halogens is 3. The van der Waals surface area contributed by atoms with Crippen LogP contribution in [0.5, 0.6) is 0 Å². The topological polar surface area (TPSA) is 63.3 Å². The molecule has 1 unspecified atom stereocenters. The van der Waals surface area contributed by atoms with E-state index in [1.807, 2.05) is 30.3 Å². The second-order valence-electron chi connectivity index (χ2n) is 4.07. The summed E-state index contributed by atoms with van der Waals surface area (Å²) < 4.78 is 34.8. The third-order valence-corrected chi connectivity index (χ3v) is 2.31. The molecule has 108 valence electrons. The molecule has 0 aliphatic rings. The summed E-state index contributed by atoms with van der Waals surface area (Å²) >= 11 is 0. The summed E-state index contributed by atoms with van der Waals surface area (Å²) in [6.45, 7) is 1.16. The zero-order chi connectivity index (χ0) is 14.9. The van der Waals surface area contributed by atoms with Crippen molar-refractivity contribution in [3.8, 4) is 0 Å². The van der Waals surface area contributed by atoms with Crippen molar-refractivity contribution < 1.29 is 23.1 Å². The summed E-state index contributed by atoms with van der Waals surface area (Å²) in [5.41, 5.74) is 5.75. The smallest absolute Gasteiger partial charge is 0.392 e. The van der Waals surface area contributed by atoms with Gasteiger partial charge in [0.15, 0.2) is 0 Å². The molecule has 1 atom stereocenters. The quantitative estimate of drug-likeness (QED) is 0.886. The van der Waals surface area contributed by atoms with Crippen LogP contribution < -0.4 is 5.73 Å². The van der Waals surface area contributed by atoms with Crippen LogP contribution >= 0.6 is 0 Å². The summed E-state index contributed by atoms with van der Waals surface area (Å²) in [5.74, 6) is -2.56. The second-order valence-corrected chi connectivity index (χ2v) is 4.07. The molecule has 1 aromatic rings. The third-order valence-electron chi connectivity index (χ3n) is 2.31. The van der Waals surface area contributed by atoms with E-state index in [-0.39, 0.29) is 6.61 Å². The Morgan fingerprint density at radius 1 is 1.32 bits per heavy atom. The molecule has 0 heterocycles. The van der Waals surface area contributed by atoms with E-state index in [9.17, 15) is 18.0 Å². The molecular formula is C13H18F3NO2. The van der Waals surface area contributed by atoms with Crippen molar-refractivity contribution >= 4 is 5.91 Å². The third kappa shape index (κ3) is 9.07. The zero-order valence-electron chi connectivity index (χ0n) is 10.7. The number of aliphatic hydroxyl groups is 1. The molecule has 0 fully saturated rings. The number of rotatable bonds is 4. The van der Waals surface area contributed by atoms with Gasteiger partial charge in [0.05, 0.1) is 5.92 Å². The maximum absolute atomic E-state index is 11.6. The van der Waals surface area contributed by atoms with Gasteiger partial charge >= 0.3 is 6.18 Å². The fraction of sp³-hybridized carbons (Fsp3) is 0.462. The van der Waals surface area contributed by atoms with Crippen LogP contribution in [0.3, 0.4) is 0 Å². The maximum Gasteiger partial charge on any atom is 0.392 e. The number of amides is 1. The van der Waals surface area contributed by atoms with Gasteiger partial charge in [-0.1, -0.05) is 37.3 Å². The first-order valence-corrected chi connectivity index (χ1v) is 5.77.